The Morgan fingerprint density at radius 3 is 2.48 bits per heavy atom. The van der Waals surface area contributed by atoms with Crippen molar-refractivity contribution in [3.05, 3.63) is 53.7 Å². The Balaban J connectivity index is 1.19. The first kappa shape index (κ1) is 27.6. The molecule has 2 aromatic rings. The number of rotatable bonds is 5. The number of ether oxygens (including phenoxy) is 1. The van der Waals surface area contributed by atoms with Crippen LogP contribution in [-0.4, -0.2) is 69.4 Å². The van der Waals surface area contributed by atoms with Crippen LogP contribution in [0.15, 0.2) is 42.6 Å². The highest BCUT2D eigenvalue weighted by Crippen LogP contribution is 2.40. The fraction of sp³-hybridized carbons (Fsp3) is 0.500. The van der Waals surface area contributed by atoms with Crippen LogP contribution in [0.2, 0.25) is 0 Å². The van der Waals surface area contributed by atoms with Gasteiger partial charge >= 0.3 is 6.09 Å². The average molecular weight is 548 g/mol. The molecule has 2 N–H and O–H groups in total. The van der Waals surface area contributed by atoms with E-state index < -0.39 is 17.2 Å². The number of pyridine rings is 1. The summed E-state index contributed by atoms with van der Waals surface area (Å²) in [5.74, 6) is -0.241. The molecule has 3 aliphatic rings. The van der Waals surface area contributed by atoms with Crippen LogP contribution in [0, 0.1) is 5.92 Å². The fourth-order valence-electron chi connectivity index (χ4n) is 6.04. The van der Waals surface area contributed by atoms with E-state index >= 15 is 0 Å². The first-order valence-corrected chi connectivity index (χ1v) is 14.0. The monoisotopic (exact) mass is 547 g/mol. The zero-order valence-electron chi connectivity index (χ0n) is 23.4. The van der Waals surface area contributed by atoms with Gasteiger partial charge in [-0.3, -0.25) is 19.3 Å². The van der Waals surface area contributed by atoms with Crippen molar-refractivity contribution in [1.29, 1.82) is 0 Å². The van der Waals surface area contributed by atoms with Crippen molar-refractivity contribution >= 4 is 35.3 Å². The number of anilines is 2. The van der Waals surface area contributed by atoms with Crippen molar-refractivity contribution in [3.8, 4) is 0 Å². The third-order valence-corrected chi connectivity index (χ3v) is 7.88. The predicted octanol–water partition coefficient (Wildman–Crippen LogP) is 3.77. The molecule has 4 amide bonds. The van der Waals surface area contributed by atoms with E-state index in [2.05, 4.69) is 15.6 Å². The van der Waals surface area contributed by atoms with Gasteiger partial charge in [-0.25, -0.2) is 9.78 Å². The molecule has 1 unspecified atom stereocenters. The van der Waals surface area contributed by atoms with Crippen LogP contribution >= 0.6 is 0 Å². The summed E-state index contributed by atoms with van der Waals surface area (Å²) < 4.78 is 5.60. The molecular formula is C30H37N5O5. The average Bonchev–Trinajstić information content (AvgIpc) is 3.54. The van der Waals surface area contributed by atoms with Gasteiger partial charge in [0.05, 0.1) is 0 Å². The molecule has 10 heteroatoms. The van der Waals surface area contributed by atoms with Crippen molar-refractivity contribution in [1.82, 2.24) is 14.8 Å². The van der Waals surface area contributed by atoms with Crippen molar-refractivity contribution < 1.29 is 23.9 Å². The van der Waals surface area contributed by atoms with Gasteiger partial charge in [0, 0.05) is 30.9 Å². The van der Waals surface area contributed by atoms with Gasteiger partial charge in [0.25, 0.3) is 0 Å². The van der Waals surface area contributed by atoms with E-state index in [0.717, 1.165) is 24.0 Å². The second-order valence-corrected chi connectivity index (χ2v) is 11.9. The lowest BCUT2D eigenvalue weighted by Crippen LogP contribution is -2.67. The summed E-state index contributed by atoms with van der Waals surface area (Å²) in [5.41, 5.74) is 1.13. The Kier molecular flexibility index (Phi) is 7.53. The van der Waals surface area contributed by atoms with E-state index in [9.17, 15) is 19.2 Å². The molecule has 1 saturated carbocycles. The van der Waals surface area contributed by atoms with Crippen molar-refractivity contribution in [2.45, 2.75) is 70.4 Å². The summed E-state index contributed by atoms with van der Waals surface area (Å²) in [5, 5.41) is 5.79. The molecule has 2 aliphatic carbocycles. The van der Waals surface area contributed by atoms with Crippen LogP contribution in [0.3, 0.4) is 0 Å². The molecule has 1 spiro atoms. The van der Waals surface area contributed by atoms with E-state index in [1.54, 1.807) is 28.1 Å². The maximum Gasteiger partial charge on any atom is 0.411 e. The zero-order chi connectivity index (χ0) is 28.5. The number of hydrogen-bond donors (Lipinski definition) is 2. The van der Waals surface area contributed by atoms with Crippen molar-refractivity contribution in [2.75, 3.05) is 30.3 Å². The lowest BCUT2D eigenvalue weighted by molar-refractivity contribution is -0.152. The Bertz CT molecular complexity index is 1300. The summed E-state index contributed by atoms with van der Waals surface area (Å²) in [6.07, 6.45) is 5.20. The zero-order valence-corrected chi connectivity index (χ0v) is 23.4. The molecule has 1 aromatic carbocycles. The Labute approximate surface area is 234 Å². The highest BCUT2D eigenvalue weighted by molar-refractivity contribution is 5.98. The van der Waals surface area contributed by atoms with Crippen molar-refractivity contribution in [3.63, 3.8) is 0 Å². The molecular weight excluding hydrogens is 510 g/mol. The lowest BCUT2D eigenvalue weighted by atomic mass is 9.91. The van der Waals surface area contributed by atoms with Crippen LogP contribution in [0.1, 0.15) is 57.6 Å². The van der Waals surface area contributed by atoms with E-state index in [1.165, 1.54) is 0 Å². The number of amides is 4. The summed E-state index contributed by atoms with van der Waals surface area (Å²) in [4.78, 5) is 59.7. The molecule has 0 radical (unpaired) electrons. The smallest absolute Gasteiger partial charge is 0.411 e. The minimum Gasteiger partial charge on any atom is -0.444 e. The quantitative estimate of drug-likeness (QED) is 0.588. The van der Waals surface area contributed by atoms with Crippen molar-refractivity contribution in [2.24, 2.45) is 5.92 Å². The lowest BCUT2D eigenvalue weighted by Gasteiger charge is -2.47. The minimum absolute atomic E-state index is 0.0784. The third-order valence-electron chi connectivity index (χ3n) is 7.88. The predicted molar refractivity (Wildman–Crippen MR) is 150 cm³/mol. The van der Waals surface area contributed by atoms with E-state index in [0.29, 0.717) is 43.7 Å². The number of benzene rings is 1. The molecule has 40 heavy (non-hydrogen) atoms. The molecule has 1 atom stereocenters. The minimum atomic E-state index is -0.945. The number of hydrogen-bond acceptors (Lipinski definition) is 6. The Morgan fingerprint density at radius 1 is 1.02 bits per heavy atom. The molecule has 1 aromatic heterocycles. The highest BCUT2D eigenvalue weighted by atomic mass is 16.6. The van der Waals surface area contributed by atoms with Crippen LogP contribution in [0.5, 0.6) is 0 Å². The summed E-state index contributed by atoms with van der Waals surface area (Å²) in [6, 6.07) is 11.0. The maximum atomic E-state index is 13.7. The molecule has 10 nitrogen and oxygen atoms in total. The van der Waals surface area contributed by atoms with Gasteiger partial charge in [0.1, 0.15) is 23.5 Å². The topological polar surface area (TPSA) is 121 Å². The van der Waals surface area contributed by atoms with Gasteiger partial charge in [-0.15, -0.1) is 0 Å². The summed E-state index contributed by atoms with van der Waals surface area (Å²) in [7, 11) is 0. The largest absolute Gasteiger partial charge is 0.444 e. The second kappa shape index (κ2) is 10.9. The number of carbonyl (C=O) groups excluding carboxylic acids is 4. The SMILES string of the molecule is CC(C)(C)OC(=O)N1CCN(CC(=O)Nc2ccc3c(c2)CC(C(=O)Nc2ccccn2)C3)C(=O)C12CCCC2. The van der Waals surface area contributed by atoms with Gasteiger partial charge in [-0.1, -0.05) is 25.0 Å². The molecule has 2 fully saturated rings. The molecule has 2 heterocycles. The molecule has 212 valence electrons. The first-order chi connectivity index (χ1) is 19.0. The number of aromatic nitrogens is 1. The number of carbonyl (C=O) groups is 4. The van der Waals surface area contributed by atoms with Crippen LogP contribution in [0.4, 0.5) is 16.3 Å². The van der Waals surface area contributed by atoms with Gasteiger partial charge < -0.3 is 20.3 Å². The van der Waals surface area contributed by atoms with Crippen LogP contribution in [-0.2, 0) is 32.0 Å². The van der Waals surface area contributed by atoms with Gasteiger partial charge in [0.15, 0.2) is 0 Å². The number of fused-ring (bicyclic) bond motifs is 1. The van der Waals surface area contributed by atoms with Crippen LogP contribution < -0.4 is 10.6 Å². The second-order valence-electron chi connectivity index (χ2n) is 11.9. The summed E-state index contributed by atoms with van der Waals surface area (Å²) >= 11 is 0. The normalized spacial score (nSPS) is 19.9. The maximum absolute atomic E-state index is 13.7. The Morgan fingerprint density at radius 2 is 1.77 bits per heavy atom. The summed E-state index contributed by atoms with van der Waals surface area (Å²) in [6.45, 7) is 5.94. The number of nitrogens with zero attached hydrogens (tertiary/aromatic N) is 3. The fourth-order valence-corrected chi connectivity index (χ4v) is 6.04. The van der Waals surface area contributed by atoms with E-state index in [-0.39, 0.29) is 36.7 Å². The first-order valence-electron chi connectivity index (χ1n) is 14.0. The standard InChI is InChI=1S/C30H37N5O5/c1-29(2,3)40-28(39)35-15-14-34(27(38)30(35)11-5-6-12-30)19-25(36)32-23-10-9-20-16-22(17-21(20)18-23)26(37)33-24-8-4-7-13-31-24/h4,7-10,13,18,22H,5-6,11-12,14-17,19H2,1-3H3,(H,32,36)(H,31,33,37). The van der Waals surface area contributed by atoms with Gasteiger partial charge in [-0.2, -0.15) is 0 Å². The molecule has 5 rings (SSSR count). The van der Waals surface area contributed by atoms with E-state index in [1.807, 2.05) is 45.0 Å². The van der Waals surface area contributed by atoms with Gasteiger partial charge in [0.2, 0.25) is 17.7 Å². The van der Waals surface area contributed by atoms with E-state index in [4.69, 9.17) is 4.74 Å². The molecule has 0 bridgehead atoms. The van der Waals surface area contributed by atoms with Gasteiger partial charge in [-0.05, 0) is 81.8 Å². The van der Waals surface area contributed by atoms with Crippen LogP contribution in [0.25, 0.3) is 0 Å². The third kappa shape index (κ3) is 5.80. The molecule has 1 aliphatic heterocycles. The highest BCUT2D eigenvalue weighted by Gasteiger charge is 2.53. The number of nitrogens with one attached hydrogen (secondary N) is 2. The number of piperazine rings is 1. The molecule has 1 saturated heterocycles. The Hall–Kier alpha value is -3.95.